The predicted octanol–water partition coefficient (Wildman–Crippen LogP) is 2.32. The highest BCUT2D eigenvalue weighted by Gasteiger charge is 2.17. The van der Waals surface area contributed by atoms with Gasteiger partial charge in [0.2, 0.25) is 10.0 Å². The first-order chi connectivity index (χ1) is 10.5. The monoisotopic (exact) mass is 323 g/mol. The van der Waals surface area contributed by atoms with Crippen LogP contribution < -0.4 is 4.72 Å². The van der Waals surface area contributed by atoms with E-state index in [0.717, 1.165) is 17.6 Å². The van der Waals surface area contributed by atoms with Crippen LogP contribution in [0.5, 0.6) is 0 Å². The maximum atomic E-state index is 13.1. The molecule has 0 radical (unpaired) electrons. The summed E-state index contributed by atoms with van der Waals surface area (Å²) in [6.45, 7) is -0.0873. The van der Waals surface area contributed by atoms with Gasteiger partial charge < -0.3 is 4.98 Å². The standard InChI is InChI=1S/C14H11F2N3O2S/c15-10-6-5-9(7-11(10)16)22(20,21)17-8-14-18-12-3-1-2-4-13(12)19-14/h1-7,17H,8H2,(H,18,19). The van der Waals surface area contributed by atoms with E-state index in [1.54, 1.807) is 6.07 Å². The molecule has 0 saturated carbocycles. The van der Waals surface area contributed by atoms with Crippen LogP contribution in [0.4, 0.5) is 8.78 Å². The number of sulfonamides is 1. The second kappa shape index (κ2) is 5.47. The number of halogens is 2. The Morgan fingerprint density at radius 3 is 2.59 bits per heavy atom. The van der Waals surface area contributed by atoms with Crippen molar-refractivity contribution in [3.05, 3.63) is 59.9 Å². The molecule has 2 aromatic carbocycles. The minimum absolute atomic E-state index is 0.0873. The van der Waals surface area contributed by atoms with E-state index in [2.05, 4.69) is 14.7 Å². The number of imidazole rings is 1. The topological polar surface area (TPSA) is 74.8 Å². The fraction of sp³-hybridized carbons (Fsp3) is 0.0714. The summed E-state index contributed by atoms with van der Waals surface area (Å²) >= 11 is 0. The third kappa shape index (κ3) is 2.83. The van der Waals surface area contributed by atoms with E-state index in [-0.39, 0.29) is 11.4 Å². The Bertz CT molecular complexity index is 905. The Hall–Kier alpha value is -2.32. The highest BCUT2D eigenvalue weighted by molar-refractivity contribution is 7.89. The van der Waals surface area contributed by atoms with E-state index in [4.69, 9.17) is 0 Å². The number of aromatic amines is 1. The molecule has 0 fully saturated rings. The summed E-state index contributed by atoms with van der Waals surface area (Å²) in [7, 11) is -3.95. The molecular formula is C14H11F2N3O2S. The average molecular weight is 323 g/mol. The van der Waals surface area contributed by atoms with E-state index in [1.807, 2.05) is 18.2 Å². The number of hydrogen-bond donors (Lipinski definition) is 2. The Morgan fingerprint density at radius 1 is 1.09 bits per heavy atom. The van der Waals surface area contributed by atoms with Gasteiger partial charge >= 0.3 is 0 Å². The van der Waals surface area contributed by atoms with E-state index in [0.29, 0.717) is 17.4 Å². The number of nitrogens with one attached hydrogen (secondary N) is 2. The lowest BCUT2D eigenvalue weighted by atomic mass is 10.3. The van der Waals surface area contributed by atoms with E-state index in [1.165, 1.54) is 0 Å². The van der Waals surface area contributed by atoms with Crippen LogP contribution in [-0.4, -0.2) is 18.4 Å². The zero-order valence-electron chi connectivity index (χ0n) is 11.2. The van der Waals surface area contributed by atoms with Crippen LogP contribution in [0.3, 0.4) is 0 Å². The van der Waals surface area contributed by atoms with Gasteiger partial charge in [0.1, 0.15) is 5.82 Å². The first kappa shape index (κ1) is 14.6. The van der Waals surface area contributed by atoms with E-state index >= 15 is 0 Å². The molecule has 8 heteroatoms. The molecule has 0 atom stereocenters. The lowest BCUT2D eigenvalue weighted by Crippen LogP contribution is -2.24. The summed E-state index contributed by atoms with van der Waals surface area (Å²) in [6, 6.07) is 9.66. The molecule has 5 nitrogen and oxygen atoms in total. The molecule has 0 aliphatic heterocycles. The number of fused-ring (bicyclic) bond motifs is 1. The molecule has 0 aliphatic rings. The number of para-hydroxylation sites is 2. The number of rotatable bonds is 4. The van der Waals surface area contributed by atoms with Gasteiger partial charge in [-0.05, 0) is 30.3 Å². The van der Waals surface area contributed by atoms with E-state index < -0.39 is 21.7 Å². The first-order valence-electron chi connectivity index (χ1n) is 6.34. The van der Waals surface area contributed by atoms with Gasteiger partial charge in [-0.2, -0.15) is 0 Å². The molecule has 1 heterocycles. The van der Waals surface area contributed by atoms with Crippen molar-refractivity contribution in [3.8, 4) is 0 Å². The summed E-state index contributed by atoms with van der Waals surface area (Å²) in [5.74, 6) is -1.89. The summed E-state index contributed by atoms with van der Waals surface area (Å²) in [5, 5.41) is 0. The lowest BCUT2D eigenvalue weighted by Gasteiger charge is -2.05. The van der Waals surface area contributed by atoms with Crippen LogP contribution >= 0.6 is 0 Å². The van der Waals surface area contributed by atoms with Crippen molar-refractivity contribution >= 4 is 21.1 Å². The van der Waals surface area contributed by atoms with Gasteiger partial charge in [0.05, 0.1) is 22.5 Å². The fourth-order valence-corrected chi connectivity index (χ4v) is 2.98. The van der Waals surface area contributed by atoms with Crippen molar-refractivity contribution < 1.29 is 17.2 Å². The van der Waals surface area contributed by atoms with Gasteiger partial charge in [0, 0.05) is 0 Å². The normalized spacial score (nSPS) is 11.9. The van der Waals surface area contributed by atoms with Gasteiger partial charge in [-0.1, -0.05) is 12.1 Å². The van der Waals surface area contributed by atoms with E-state index in [9.17, 15) is 17.2 Å². The van der Waals surface area contributed by atoms with Crippen molar-refractivity contribution in [1.29, 1.82) is 0 Å². The van der Waals surface area contributed by atoms with Crippen molar-refractivity contribution in [2.45, 2.75) is 11.4 Å². The maximum Gasteiger partial charge on any atom is 0.241 e. The highest BCUT2D eigenvalue weighted by Crippen LogP contribution is 2.15. The molecule has 0 aliphatic carbocycles. The van der Waals surface area contributed by atoms with Crippen LogP contribution in [0, 0.1) is 11.6 Å². The van der Waals surface area contributed by atoms with Crippen LogP contribution in [-0.2, 0) is 16.6 Å². The molecule has 0 spiro atoms. The van der Waals surface area contributed by atoms with Crippen LogP contribution in [0.2, 0.25) is 0 Å². The Kier molecular flexibility index (Phi) is 3.63. The Balaban J connectivity index is 1.80. The lowest BCUT2D eigenvalue weighted by molar-refractivity contribution is 0.504. The Morgan fingerprint density at radius 2 is 1.86 bits per heavy atom. The second-order valence-electron chi connectivity index (χ2n) is 4.60. The number of aromatic nitrogens is 2. The smallest absolute Gasteiger partial charge is 0.241 e. The second-order valence-corrected chi connectivity index (χ2v) is 6.37. The minimum atomic E-state index is -3.95. The summed E-state index contributed by atoms with van der Waals surface area (Å²) in [4.78, 5) is 6.85. The van der Waals surface area contributed by atoms with Crippen molar-refractivity contribution in [2.75, 3.05) is 0 Å². The van der Waals surface area contributed by atoms with Gasteiger partial charge in [-0.25, -0.2) is 26.9 Å². The first-order valence-corrected chi connectivity index (χ1v) is 7.82. The SMILES string of the molecule is O=S(=O)(NCc1nc2ccccc2[nH]1)c1ccc(F)c(F)c1. The largest absolute Gasteiger partial charge is 0.341 e. The summed E-state index contributed by atoms with van der Waals surface area (Å²) in [5.41, 5.74) is 1.49. The van der Waals surface area contributed by atoms with Gasteiger partial charge in [-0.15, -0.1) is 0 Å². The maximum absolute atomic E-state index is 13.1. The zero-order chi connectivity index (χ0) is 15.7. The number of hydrogen-bond acceptors (Lipinski definition) is 3. The minimum Gasteiger partial charge on any atom is -0.341 e. The van der Waals surface area contributed by atoms with Gasteiger partial charge in [-0.3, -0.25) is 0 Å². The van der Waals surface area contributed by atoms with Crippen LogP contribution in [0.15, 0.2) is 47.4 Å². The van der Waals surface area contributed by atoms with Crippen LogP contribution in [0.25, 0.3) is 11.0 Å². The average Bonchev–Trinajstić information content (AvgIpc) is 2.91. The number of benzene rings is 2. The molecule has 2 N–H and O–H groups in total. The predicted molar refractivity (Wildman–Crippen MR) is 76.5 cm³/mol. The third-order valence-corrected chi connectivity index (χ3v) is 4.47. The highest BCUT2D eigenvalue weighted by atomic mass is 32.2. The summed E-state index contributed by atoms with van der Waals surface area (Å²) in [6.07, 6.45) is 0. The Labute approximate surface area is 125 Å². The number of nitrogens with zero attached hydrogens (tertiary/aromatic N) is 1. The zero-order valence-corrected chi connectivity index (χ0v) is 12.0. The molecule has 1 aromatic heterocycles. The van der Waals surface area contributed by atoms with Crippen LogP contribution in [0.1, 0.15) is 5.82 Å². The fourth-order valence-electron chi connectivity index (χ4n) is 1.98. The van der Waals surface area contributed by atoms with Crippen molar-refractivity contribution in [3.63, 3.8) is 0 Å². The van der Waals surface area contributed by atoms with Crippen molar-refractivity contribution in [2.24, 2.45) is 0 Å². The van der Waals surface area contributed by atoms with Crippen molar-refractivity contribution in [1.82, 2.24) is 14.7 Å². The molecule has 0 amide bonds. The molecule has 0 unspecified atom stereocenters. The van der Waals surface area contributed by atoms with Gasteiger partial charge in [0.25, 0.3) is 0 Å². The molecule has 3 aromatic rings. The molecule has 0 bridgehead atoms. The van der Waals surface area contributed by atoms with Gasteiger partial charge in [0.15, 0.2) is 11.6 Å². The molecule has 22 heavy (non-hydrogen) atoms. The number of H-pyrrole nitrogens is 1. The quantitative estimate of drug-likeness (QED) is 0.774. The molecular weight excluding hydrogens is 312 g/mol. The third-order valence-electron chi connectivity index (χ3n) is 3.07. The molecule has 0 saturated heterocycles. The molecule has 3 rings (SSSR count). The molecule has 114 valence electrons. The summed E-state index contributed by atoms with van der Waals surface area (Å²) < 4.78 is 52.4.